The number of rotatable bonds is 6. The van der Waals surface area contributed by atoms with E-state index in [1.807, 2.05) is 0 Å². The van der Waals surface area contributed by atoms with Gasteiger partial charge in [-0.15, -0.1) is 0 Å². The first-order valence-electron chi connectivity index (χ1n) is 8.52. The number of nitro benzene ring substituents is 1. The highest BCUT2D eigenvalue weighted by Gasteiger charge is 2.11. The van der Waals surface area contributed by atoms with Crippen LogP contribution in [0.3, 0.4) is 0 Å². The quantitative estimate of drug-likeness (QED) is 0.276. The second kappa shape index (κ2) is 8.99. The fourth-order valence-electron chi connectivity index (χ4n) is 2.52. The van der Waals surface area contributed by atoms with Crippen LogP contribution < -0.4 is 10.1 Å². The molecule has 0 aliphatic carbocycles. The first-order chi connectivity index (χ1) is 13.9. The Kier molecular flexibility index (Phi) is 6.21. The molecule has 3 aromatic carbocycles. The van der Waals surface area contributed by atoms with Crippen molar-refractivity contribution in [2.45, 2.75) is 6.42 Å². The van der Waals surface area contributed by atoms with Crippen LogP contribution in [0, 0.1) is 10.1 Å². The van der Waals surface area contributed by atoms with Gasteiger partial charge in [0.1, 0.15) is 5.75 Å². The van der Waals surface area contributed by atoms with Crippen molar-refractivity contribution < 1.29 is 19.2 Å². The van der Waals surface area contributed by atoms with Crippen LogP contribution >= 0.6 is 11.6 Å². The number of anilines is 1. The number of esters is 1. The molecule has 0 spiro atoms. The first-order valence-corrected chi connectivity index (χ1v) is 8.90. The maximum absolute atomic E-state index is 12.2. The second-order valence-electron chi connectivity index (χ2n) is 6.03. The minimum atomic E-state index is -0.508. The molecule has 0 radical (unpaired) electrons. The third-order valence-corrected chi connectivity index (χ3v) is 4.29. The van der Waals surface area contributed by atoms with Gasteiger partial charge < -0.3 is 10.1 Å². The first kappa shape index (κ1) is 20.0. The van der Waals surface area contributed by atoms with Gasteiger partial charge in [-0.3, -0.25) is 19.7 Å². The summed E-state index contributed by atoms with van der Waals surface area (Å²) in [7, 11) is 0. The molecule has 0 fully saturated rings. The molecular formula is C21H15ClN2O5. The maximum Gasteiger partial charge on any atom is 0.315 e. The van der Waals surface area contributed by atoms with Crippen LogP contribution in [0.15, 0.2) is 72.8 Å². The third-order valence-electron chi connectivity index (χ3n) is 3.96. The standard InChI is InChI=1S/C21H15ClN2O5/c22-19-4-2-1-3-18(19)21(26)23-15-7-11-17(12-8-15)29-20(25)13-14-5-9-16(10-6-14)24(27)28/h1-12H,13H2,(H,23,26). The van der Waals surface area contributed by atoms with E-state index < -0.39 is 10.9 Å². The van der Waals surface area contributed by atoms with Crippen LogP contribution in [0.5, 0.6) is 5.75 Å². The van der Waals surface area contributed by atoms with E-state index in [2.05, 4.69) is 5.32 Å². The lowest BCUT2D eigenvalue weighted by atomic mass is 10.1. The van der Waals surface area contributed by atoms with E-state index in [-0.39, 0.29) is 18.0 Å². The third kappa shape index (κ3) is 5.40. The topological polar surface area (TPSA) is 98.5 Å². The maximum atomic E-state index is 12.2. The van der Waals surface area contributed by atoms with Gasteiger partial charge in [0.15, 0.2) is 0 Å². The zero-order chi connectivity index (χ0) is 20.8. The zero-order valence-electron chi connectivity index (χ0n) is 15.0. The van der Waals surface area contributed by atoms with Gasteiger partial charge in [-0.1, -0.05) is 35.9 Å². The van der Waals surface area contributed by atoms with Crippen LogP contribution in [-0.2, 0) is 11.2 Å². The van der Waals surface area contributed by atoms with Crippen molar-refractivity contribution in [3.63, 3.8) is 0 Å². The molecule has 3 rings (SSSR count). The van der Waals surface area contributed by atoms with Crippen LogP contribution in [-0.4, -0.2) is 16.8 Å². The number of carbonyl (C=O) groups excluding carboxylic acids is 2. The number of nitro groups is 1. The summed E-state index contributed by atoms with van der Waals surface area (Å²) < 4.78 is 5.25. The molecule has 29 heavy (non-hydrogen) atoms. The van der Waals surface area contributed by atoms with E-state index in [0.29, 0.717) is 27.6 Å². The molecule has 146 valence electrons. The van der Waals surface area contributed by atoms with Gasteiger partial charge in [-0.25, -0.2) is 0 Å². The van der Waals surface area contributed by atoms with Gasteiger partial charge in [-0.2, -0.15) is 0 Å². The fourth-order valence-corrected chi connectivity index (χ4v) is 2.74. The van der Waals surface area contributed by atoms with Crippen molar-refractivity contribution in [3.8, 4) is 5.75 Å². The van der Waals surface area contributed by atoms with E-state index in [4.69, 9.17) is 16.3 Å². The van der Waals surface area contributed by atoms with Crippen LogP contribution in [0.25, 0.3) is 0 Å². The van der Waals surface area contributed by atoms with Crippen LogP contribution in [0.1, 0.15) is 15.9 Å². The van der Waals surface area contributed by atoms with E-state index >= 15 is 0 Å². The highest BCUT2D eigenvalue weighted by atomic mass is 35.5. The Bertz CT molecular complexity index is 1050. The number of hydrogen-bond donors (Lipinski definition) is 1. The average molecular weight is 411 g/mol. The van der Waals surface area contributed by atoms with Crippen molar-refractivity contribution >= 4 is 34.9 Å². The summed E-state index contributed by atoms with van der Waals surface area (Å²) in [5.41, 5.74) is 1.43. The highest BCUT2D eigenvalue weighted by Crippen LogP contribution is 2.20. The van der Waals surface area contributed by atoms with Crippen LogP contribution in [0.4, 0.5) is 11.4 Å². The van der Waals surface area contributed by atoms with Crippen molar-refractivity contribution in [1.29, 1.82) is 0 Å². The van der Waals surface area contributed by atoms with Gasteiger partial charge in [0.25, 0.3) is 11.6 Å². The Morgan fingerprint density at radius 2 is 1.62 bits per heavy atom. The number of carbonyl (C=O) groups is 2. The molecule has 0 aliphatic rings. The summed E-state index contributed by atoms with van der Waals surface area (Å²) in [6.07, 6.45) is -0.0248. The minimum Gasteiger partial charge on any atom is -0.426 e. The number of benzene rings is 3. The lowest BCUT2D eigenvalue weighted by Gasteiger charge is -2.08. The molecule has 0 aliphatic heterocycles. The molecule has 7 nitrogen and oxygen atoms in total. The van der Waals surface area contributed by atoms with Gasteiger partial charge in [0.2, 0.25) is 0 Å². The normalized spacial score (nSPS) is 10.2. The molecule has 0 saturated heterocycles. The molecule has 1 amide bonds. The number of hydrogen-bond acceptors (Lipinski definition) is 5. The highest BCUT2D eigenvalue weighted by molar-refractivity contribution is 6.34. The smallest absolute Gasteiger partial charge is 0.315 e. The van der Waals surface area contributed by atoms with Crippen molar-refractivity contribution in [2.75, 3.05) is 5.32 Å². The Morgan fingerprint density at radius 1 is 0.966 bits per heavy atom. The summed E-state index contributed by atoms with van der Waals surface area (Å²) in [6.45, 7) is 0. The van der Waals surface area contributed by atoms with Crippen LogP contribution in [0.2, 0.25) is 5.02 Å². The molecule has 1 N–H and O–H groups in total. The number of non-ortho nitro benzene ring substituents is 1. The minimum absolute atomic E-state index is 0.0248. The van der Waals surface area contributed by atoms with E-state index in [0.717, 1.165) is 0 Å². The van der Waals surface area contributed by atoms with Gasteiger partial charge in [0, 0.05) is 17.8 Å². The number of halogens is 1. The molecule has 0 heterocycles. The second-order valence-corrected chi connectivity index (χ2v) is 6.44. The summed E-state index contributed by atoms with van der Waals surface area (Å²) in [5, 5.41) is 13.7. The molecule has 8 heteroatoms. The lowest BCUT2D eigenvalue weighted by molar-refractivity contribution is -0.384. The Balaban J connectivity index is 1.57. The molecule has 0 saturated carbocycles. The number of ether oxygens (including phenoxy) is 1. The molecule has 0 aromatic heterocycles. The number of nitrogens with zero attached hydrogens (tertiary/aromatic N) is 1. The molecule has 3 aromatic rings. The zero-order valence-corrected chi connectivity index (χ0v) is 15.8. The predicted molar refractivity (Wildman–Crippen MR) is 108 cm³/mol. The molecule has 0 bridgehead atoms. The molecule has 0 unspecified atom stereocenters. The largest absolute Gasteiger partial charge is 0.426 e. The summed E-state index contributed by atoms with van der Waals surface area (Å²) in [6, 6.07) is 18.7. The molecular weight excluding hydrogens is 396 g/mol. The van der Waals surface area contributed by atoms with Gasteiger partial charge in [0.05, 0.1) is 21.9 Å². The summed E-state index contributed by atoms with van der Waals surface area (Å²) in [5.74, 6) is -0.544. The summed E-state index contributed by atoms with van der Waals surface area (Å²) in [4.78, 5) is 34.4. The van der Waals surface area contributed by atoms with Crippen molar-refractivity contribution in [3.05, 3.63) is 99.1 Å². The SMILES string of the molecule is O=C(Cc1ccc([N+](=O)[O-])cc1)Oc1ccc(NC(=O)c2ccccc2Cl)cc1. The number of nitrogens with one attached hydrogen (secondary N) is 1. The van der Waals surface area contributed by atoms with Crippen molar-refractivity contribution in [1.82, 2.24) is 0 Å². The Morgan fingerprint density at radius 3 is 2.24 bits per heavy atom. The lowest BCUT2D eigenvalue weighted by Crippen LogP contribution is -2.13. The predicted octanol–water partition coefficient (Wildman–Crippen LogP) is 4.65. The van der Waals surface area contributed by atoms with E-state index in [9.17, 15) is 19.7 Å². The molecule has 0 atom stereocenters. The van der Waals surface area contributed by atoms with Crippen molar-refractivity contribution in [2.24, 2.45) is 0 Å². The Labute approximate surface area is 171 Å². The Hall–Kier alpha value is -3.71. The van der Waals surface area contributed by atoms with Gasteiger partial charge in [-0.05, 0) is 42.0 Å². The van der Waals surface area contributed by atoms with E-state index in [1.54, 1.807) is 48.5 Å². The summed E-state index contributed by atoms with van der Waals surface area (Å²) >= 11 is 6.01. The fraction of sp³-hybridized carbons (Fsp3) is 0.0476. The number of amides is 1. The van der Waals surface area contributed by atoms with Gasteiger partial charge >= 0.3 is 5.97 Å². The monoisotopic (exact) mass is 410 g/mol. The average Bonchev–Trinajstić information content (AvgIpc) is 2.70. The van der Waals surface area contributed by atoms with E-state index in [1.165, 1.54) is 24.3 Å².